The molecule has 1 aliphatic heterocycles. The van der Waals surface area contributed by atoms with Crippen molar-refractivity contribution in [3.05, 3.63) is 46.5 Å². The fourth-order valence-corrected chi connectivity index (χ4v) is 4.07. The zero-order valence-corrected chi connectivity index (χ0v) is 14.6. The monoisotopic (exact) mass is 345 g/mol. The average Bonchev–Trinajstić information content (AvgIpc) is 2.93. The van der Waals surface area contributed by atoms with E-state index in [1.807, 2.05) is 42.2 Å². The third-order valence-corrected chi connectivity index (χ3v) is 5.64. The molecule has 6 heteroatoms. The van der Waals surface area contributed by atoms with Gasteiger partial charge in [0, 0.05) is 13.1 Å². The third-order valence-electron chi connectivity index (χ3n) is 4.67. The molecule has 2 aromatic rings. The summed E-state index contributed by atoms with van der Waals surface area (Å²) in [6.45, 7) is 3.16. The van der Waals surface area contributed by atoms with Crippen LogP contribution < -0.4 is 5.73 Å². The van der Waals surface area contributed by atoms with Gasteiger partial charge in [0.1, 0.15) is 4.88 Å². The van der Waals surface area contributed by atoms with Gasteiger partial charge in [0.15, 0.2) is 5.13 Å². The molecule has 0 saturated carbocycles. The lowest BCUT2D eigenvalue weighted by molar-refractivity contribution is 0.0470. The molecule has 3 rings (SSSR count). The van der Waals surface area contributed by atoms with E-state index in [4.69, 9.17) is 5.73 Å². The van der Waals surface area contributed by atoms with Gasteiger partial charge in [-0.3, -0.25) is 4.79 Å². The highest BCUT2D eigenvalue weighted by molar-refractivity contribution is 7.17. The van der Waals surface area contributed by atoms with Crippen LogP contribution in [0.15, 0.2) is 30.3 Å². The van der Waals surface area contributed by atoms with E-state index in [2.05, 4.69) is 4.98 Å². The van der Waals surface area contributed by atoms with Gasteiger partial charge in [-0.15, -0.1) is 0 Å². The predicted octanol–water partition coefficient (Wildman–Crippen LogP) is 2.49. The first-order valence-electron chi connectivity index (χ1n) is 8.28. The number of anilines is 1. The number of thiazole rings is 1. The van der Waals surface area contributed by atoms with E-state index in [0.29, 0.717) is 35.2 Å². The molecule has 1 atom stereocenters. The van der Waals surface area contributed by atoms with E-state index in [1.165, 1.54) is 11.3 Å². The lowest BCUT2D eigenvalue weighted by Gasteiger charge is -2.34. The number of hydrogen-bond donors (Lipinski definition) is 2. The third kappa shape index (κ3) is 3.76. The number of nitrogens with two attached hydrogens (primary N) is 1. The number of carbonyl (C=O) groups excluding carboxylic acids is 1. The summed E-state index contributed by atoms with van der Waals surface area (Å²) in [6.07, 6.45) is 1.97. The highest BCUT2D eigenvalue weighted by Crippen LogP contribution is 2.27. The zero-order valence-electron chi connectivity index (χ0n) is 13.8. The first-order chi connectivity index (χ1) is 11.5. The Kier molecular flexibility index (Phi) is 5.16. The van der Waals surface area contributed by atoms with Gasteiger partial charge in [0.25, 0.3) is 5.91 Å². The van der Waals surface area contributed by atoms with Crippen molar-refractivity contribution in [2.75, 3.05) is 18.8 Å². The summed E-state index contributed by atoms with van der Waals surface area (Å²) >= 11 is 1.25. The highest BCUT2D eigenvalue weighted by atomic mass is 32.1. The first kappa shape index (κ1) is 16.9. The van der Waals surface area contributed by atoms with E-state index in [9.17, 15) is 9.90 Å². The largest absolute Gasteiger partial charge is 0.392 e. The smallest absolute Gasteiger partial charge is 0.265 e. The maximum atomic E-state index is 12.6. The van der Waals surface area contributed by atoms with E-state index in [1.54, 1.807) is 0 Å². The maximum Gasteiger partial charge on any atom is 0.265 e. The summed E-state index contributed by atoms with van der Waals surface area (Å²) in [4.78, 5) is 19.2. The van der Waals surface area contributed by atoms with Crippen LogP contribution in [0.25, 0.3) is 0 Å². The molecule has 1 fully saturated rings. The minimum Gasteiger partial charge on any atom is -0.392 e. The van der Waals surface area contributed by atoms with Gasteiger partial charge >= 0.3 is 0 Å². The number of nitrogens with zero attached hydrogens (tertiary/aromatic N) is 2. The number of benzene rings is 1. The van der Waals surface area contributed by atoms with Crippen molar-refractivity contribution in [1.29, 1.82) is 0 Å². The van der Waals surface area contributed by atoms with Crippen molar-refractivity contribution in [2.24, 2.45) is 5.92 Å². The number of aliphatic hydroxyl groups excluding tert-OH is 1. The van der Waals surface area contributed by atoms with Gasteiger partial charge in [0.05, 0.1) is 11.8 Å². The van der Waals surface area contributed by atoms with Gasteiger partial charge in [-0.1, -0.05) is 41.7 Å². The molecular weight excluding hydrogens is 322 g/mol. The molecule has 0 bridgehead atoms. The maximum absolute atomic E-state index is 12.6. The fraction of sp³-hybridized carbons (Fsp3) is 0.444. The van der Waals surface area contributed by atoms with Gasteiger partial charge in [-0.25, -0.2) is 4.98 Å². The normalized spacial score (nSPS) is 17.0. The predicted molar refractivity (Wildman–Crippen MR) is 96.0 cm³/mol. The number of nitrogen functional groups attached to an aromatic ring is 1. The van der Waals surface area contributed by atoms with E-state index in [0.717, 1.165) is 18.4 Å². The molecule has 1 saturated heterocycles. The lowest BCUT2D eigenvalue weighted by atomic mass is 9.88. The van der Waals surface area contributed by atoms with Crippen LogP contribution in [0.5, 0.6) is 0 Å². The van der Waals surface area contributed by atoms with Crippen LogP contribution in [0.2, 0.25) is 0 Å². The molecule has 24 heavy (non-hydrogen) atoms. The van der Waals surface area contributed by atoms with E-state index in [-0.39, 0.29) is 17.9 Å². The molecule has 1 unspecified atom stereocenters. The van der Waals surface area contributed by atoms with Gasteiger partial charge in [0.2, 0.25) is 0 Å². The van der Waals surface area contributed by atoms with E-state index >= 15 is 0 Å². The number of aliphatic hydroxyl groups is 1. The Morgan fingerprint density at radius 2 is 2.04 bits per heavy atom. The number of piperidine rings is 1. The van der Waals surface area contributed by atoms with E-state index < -0.39 is 0 Å². The van der Waals surface area contributed by atoms with Crippen LogP contribution in [0.1, 0.15) is 33.8 Å². The highest BCUT2D eigenvalue weighted by Gasteiger charge is 2.29. The van der Waals surface area contributed by atoms with Crippen LogP contribution in [0.4, 0.5) is 5.13 Å². The van der Waals surface area contributed by atoms with Gasteiger partial charge in [-0.2, -0.15) is 0 Å². The molecular formula is C18H23N3O2S. The Bertz CT molecular complexity index is 694. The summed E-state index contributed by atoms with van der Waals surface area (Å²) in [5, 5.41) is 10.9. The van der Waals surface area contributed by atoms with Crippen molar-refractivity contribution in [1.82, 2.24) is 9.88 Å². The summed E-state index contributed by atoms with van der Waals surface area (Å²) in [7, 11) is 0. The average molecular weight is 345 g/mol. The zero-order chi connectivity index (χ0) is 17.1. The SMILES string of the molecule is Cc1nc(N)sc1C(=O)N1CCC(C(O)Cc2ccccc2)CC1. The van der Waals surface area contributed by atoms with Crippen molar-refractivity contribution in [3.63, 3.8) is 0 Å². The molecule has 1 amide bonds. The molecule has 1 aliphatic rings. The number of amides is 1. The Morgan fingerprint density at radius 3 is 2.62 bits per heavy atom. The number of carbonyl (C=O) groups is 1. The van der Waals surface area contributed by atoms with Crippen LogP contribution in [0, 0.1) is 12.8 Å². The topological polar surface area (TPSA) is 79.5 Å². The minimum absolute atomic E-state index is 0.0118. The summed E-state index contributed by atoms with van der Waals surface area (Å²) in [5.41, 5.74) is 7.54. The van der Waals surface area contributed by atoms with Crippen molar-refractivity contribution >= 4 is 22.4 Å². The van der Waals surface area contributed by atoms with Crippen LogP contribution in [-0.4, -0.2) is 40.1 Å². The Hall–Kier alpha value is -1.92. The molecule has 128 valence electrons. The number of aromatic nitrogens is 1. The summed E-state index contributed by atoms with van der Waals surface area (Å²) < 4.78 is 0. The number of hydrogen-bond acceptors (Lipinski definition) is 5. The van der Waals surface area contributed by atoms with Crippen molar-refractivity contribution < 1.29 is 9.90 Å². The van der Waals surface area contributed by atoms with Crippen molar-refractivity contribution in [2.45, 2.75) is 32.3 Å². The van der Waals surface area contributed by atoms with Crippen LogP contribution in [0.3, 0.4) is 0 Å². The molecule has 3 N–H and O–H groups in total. The van der Waals surface area contributed by atoms with Crippen LogP contribution in [-0.2, 0) is 6.42 Å². The summed E-state index contributed by atoms with van der Waals surface area (Å²) in [6, 6.07) is 10.0. The molecule has 0 spiro atoms. The fourth-order valence-electron chi connectivity index (χ4n) is 3.27. The Morgan fingerprint density at radius 1 is 1.38 bits per heavy atom. The molecule has 2 heterocycles. The molecule has 1 aromatic carbocycles. The molecule has 0 aliphatic carbocycles. The molecule has 0 radical (unpaired) electrons. The molecule has 5 nitrogen and oxygen atoms in total. The number of likely N-dealkylation sites (tertiary alicyclic amines) is 1. The Balaban J connectivity index is 1.55. The minimum atomic E-state index is -0.356. The van der Waals surface area contributed by atoms with Gasteiger partial charge in [-0.05, 0) is 37.7 Å². The first-order valence-corrected chi connectivity index (χ1v) is 9.10. The second kappa shape index (κ2) is 7.32. The molecule has 1 aromatic heterocycles. The number of aryl methyl sites for hydroxylation is 1. The lowest BCUT2D eigenvalue weighted by Crippen LogP contribution is -2.41. The second-order valence-electron chi connectivity index (χ2n) is 6.35. The number of rotatable bonds is 4. The Labute approximate surface area is 146 Å². The standard InChI is InChI=1S/C18H23N3O2S/c1-12-16(24-18(19)20-12)17(23)21-9-7-14(8-10-21)15(22)11-13-5-3-2-4-6-13/h2-6,14-15,22H,7-11H2,1H3,(H2,19,20). The second-order valence-corrected chi connectivity index (χ2v) is 7.38. The van der Waals surface area contributed by atoms with Gasteiger partial charge < -0.3 is 15.7 Å². The van der Waals surface area contributed by atoms with Crippen LogP contribution >= 0.6 is 11.3 Å². The quantitative estimate of drug-likeness (QED) is 0.892. The summed E-state index contributed by atoms with van der Waals surface area (Å²) in [5.74, 6) is 0.250. The van der Waals surface area contributed by atoms with Crippen molar-refractivity contribution in [3.8, 4) is 0 Å².